The fourth-order valence-electron chi connectivity index (χ4n) is 1.96. The van der Waals surface area contributed by atoms with Crippen LogP contribution in [-0.4, -0.2) is 4.98 Å². The lowest BCUT2D eigenvalue weighted by atomic mass is 10.00. The molecular weight excluding hydrogens is 216 g/mol. The van der Waals surface area contributed by atoms with Gasteiger partial charge in [-0.25, -0.2) is 4.98 Å². The molecule has 3 heteroatoms. The average Bonchev–Trinajstić information content (AvgIpc) is 2.60. The molecule has 0 aliphatic rings. The molecular formula is C13H16N2S. The summed E-state index contributed by atoms with van der Waals surface area (Å²) in [4.78, 5) is 5.86. The molecule has 2 N–H and O–H groups in total. The minimum atomic E-state index is 0.524. The van der Waals surface area contributed by atoms with Gasteiger partial charge in [0.25, 0.3) is 0 Å². The number of thiazole rings is 1. The van der Waals surface area contributed by atoms with Crippen LogP contribution in [0.2, 0.25) is 0 Å². The highest BCUT2D eigenvalue weighted by atomic mass is 32.1. The summed E-state index contributed by atoms with van der Waals surface area (Å²) in [6, 6.07) is 6.34. The van der Waals surface area contributed by atoms with E-state index in [4.69, 9.17) is 5.73 Å². The fourth-order valence-corrected chi connectivity index (χ4v) is 2.78. The molecule has 1 heterocycles. The van der Waals surface area contributed by atoms with Gasteiger partial charge in [0.05, 0.1) is 5.69 Å². The van der Waals surface area contributed by atoms with Crippen LogP contribution in [0.25, 0.3) is 11.3 Å². The number of hydrogen-bond acceptors (Lipinski definition) is 3. The lowest BCUT2D eigenvalue weighted by Crippen LogP contribution is -1.95. The quantitative estimate of drug-likeness (QED) is 0.863. The molecule has 1 aromatic heterocycles. The molecule has 84 valence electrons. The van der Waals surface area contributed by atoms with Gasteiger partial charge in [-0.05, 0) is 31.9 Å². The Balaban J connectivity index is 2.62. The number of hydrogen-bond donors (Lipinski definition) is 1. The summed E-state index contributed by atoms with van der Waals surface area (Å²) in [5.41, 5.74) is 10.5. The summed E-state index contributed by atoms with van der Waals surface area (Å²) in [7, 11) is 0. The van der Waals surface area contributed by atoms with E-state index in [1.807, 2.05) is 0 Å². The minimum Gasteiger partial charge on any atom is -0.325 e. The van der Waals surface area contributed by atoms with E-state index in [2.05, 4.69) is 44.0 Å². The largest absolute Gasteiger partial charge is 0.325 e. The zero-order valence-corrected chi connectivity index (χ0v) is 10.7. The van der Waals surface area contributed by atoms with Gasteiger partial charge in [-0.1, -0.05) is 18.2 Å². The van der Waals surface area contributed by atoms with Gasteiger partial charge in [-0.2, -0.15) is 0 Å². The van der Waals surface area contributed by atoms with Crippen molar-refractivity contribution in [3.05, 3.63) is 39.2 Å². The standard InChI is InChI=1S/C13H16N2S/c1-8-5-4-6-9(2)12(8)13-10(3)16-11(7-14)15-13/h4-6H,7,14H2,1-3H3. The second kappa shape index (κ2) is 4.36. The molecule has 1 aromatic carbocycles. The van der Waals surface area contributed by atoms with Gasteiger partial charge in [-0.3, -0.25) is 0 Å². The molecule has 0 saturated carbocycles. The van der Waals surface area contributed by atoms with Crippen LogP contribution in [0.3, 0.4) is 0 Å². The van der Waals surface area contributed by atoms with Crippen LogP contribution in [0.4, 0.5) is 0 Å². The summed E-state index contributed by atoms with van der Waals surface area (Å²) in [6.45, 7) is 6.89. The van der Waals surface area contributed by atoms with Gasteiger partial charge >= 0.3 is 0 Å². The zero-order valence-electron chi connectivity index (χ0n) is 9.87. The van der Waals surface area contributed by atoms with Gasteiger partial charge in [0.1, 0.15) is 5.01 Å². The minimum absolute atomic E-state index is 0.524. The van der Waals surface area contributed by atoms with Crippen molar-refractivity contribution in [2.45, 2.75) is 27.3 Å². The van der Waals surface area contributed by atoms with E-state index in [1.54, 1.807) is 11.3 Å². The molecule has 0 fully saturated rings. The van der Waals surface area contributed by atoms with Gasteiger partial charge < -0.3 is 5.73 Å². The van der Waals surface area contributed by atoms with Crippen LogP contribution in [0.1, 0.15) is 21.0 Å². The molecule has 0 amide bonds. The second-order valence-electron chi connectivity index (χ2n) is 3.98. The van der Waals surface area contributed by atoms with E-state index in [0.29, 0.717) is 6.54 Å². The van der Waals surface area contributed by atoms with Crippen molar-refractivity contribution < 1.29 is 0 Å². The molecule has 0 spiro atoms. The van der Waals surface area contributed by atoms with Crippen molar-refractivity contribution in [1.29, 1.82) is 0 Å². The third-order valence-electron chi connectivity index (χ3n) is 2.73. The Labute approximate surface area is 100 Å². The summed E-state index contributed by atoms with van der Waals surface area (Å²) < 4.78 is 0. The Morgan fingerprint density at radius 3 is 2.31 bits per heavy atom. The van der Waals surface area contributed by atoms with E-state index in [-0.39, 0.29) is 0 Å². The van der Waals surface area contributed by atoms with E-state index in [0.717, 1.165) is 10.7 Å². The Kier molecular flexibility index (Phi) is 3.08. The van der Waals surface area contributed by atoms with E-state index in [9.17, 15) is 0 Å². The molecule has 0 aliphatic heterocycles. The summed E-state index contributed by atoms with van der Waals surface area (Å²) >= 11 is 1.69. The highest BCUT2D eigenvalue weighted by Crippen LogP contribution is 2.31. The molecule has 0 saturated heterocycles. The predicted octanol–water partition coefficient (Wildman–Crippen LogP) is 3.19. The van der Waals surface area contributed by atoms with E-state index in [1.165, 1.54) is 21.6 Å². The van der Waals surface area contributed by atoms with Crippen molar-refractivity contribution in [2.75, 3.05) is 0 Å². The smallest absolute Gasteiger partial charge is 0.107 e. The van der Waals surface area contributed by atoms with Crippen LogP contribution in [0.5, 0.6) is 0 Å². The molecule has 0 aliphatic carbocycles. The van der Waals surface area contributed by atoms with Crippen molar-refractivity contribution in [2.24, 2.45) is 5.73 Å². The maximum absolute atomic E-state index is 5.63. The number of nitrogens with two attached hydrogens (primary N) is 1. The van der Waals surface area contributed by atoms with Crippen LogP contribution in [0.15, 0.2) is 18.2 Å². The third-order valence-corrected chi connectivity index (χ3v) is 3.73. The Bertz CT molecular complexity index is 494. The van der Waals surface area contributed by atoms with Crippen LogP contribution in [-0.2, 0) is 6.54 Å². The number of nitrogens with zero attached hydrogens (tertiary/aromatic N) is 1. The maximum Gasteiger partial charge on any atom is 0.107 e. The van der Waals surface area contributed by atoms with Crippen molar-refractivity contribution in [3.8, 4) is 11.3 Å². The van der Waals surface area contributed by atoms with E-state index < -0.39 is 0 Å². The zero-order chi connectivity index (χ0) is 11.7. The Hall–Kier alpha value is -1.19. The molecule has 2 rings (SSSR count). The Morgan fingerprint density at radius 1 is 1.19 bits per heavy atom. The summed E-state index contributed by atoms with van der Waals surface area (Å²) in [5, 5.41) is 1.01. The van der Waals surface area contributed by atoms with Gasteiger partial charge in [0.15, 0.2) is 0 Å². The topological polar surface area (TPSA) is 38.9 Å². The highest BCUT2D eigenvalue weighted by Gasteiger charge is 2.12. The van der Waals surface area contributed by atoms with Crippen LogP contribution >= 0.6 is 11.3 Å². The molecule has 2 aromatic rings. The second-order valence-corrected chi connectivity index (χ2v) is 5.27. The molecule has 0 bridgehead atoms. The molecule has 2 nitrogen and oxygen atoms in total. The molecule has 0 unspecified atom stereocenters. The number of rotatable bonds is 2. The molecule has 0 atom stereocenters. The van der Waals surface area contributed by atoms with Crippen molar-refractivity contribution in [1.82, 2.24) is 4.98 Å². The fraction of sp³-hybridized carbons (Fsp3) is 0.308. The van der Waals surface area contributed by atoms with Gasteiger partial charge in [0, 0.05) is 17.0 Å². The lowest BCUT2D eigenvalue weighted by Gasteiger charge is -2.07. The van der Waals surface area contributed by atoms with Crippen molar-refractivity contribution in [3.63, 3.8) is 0 Å². The lowest BCUT2D eigenvalue weighted by molar-refractivity contribution is 1.04. The SMILES string of the molecule is Cc1cccc(C)c1-c1nc(CN)sc1C. The highest BCUT2D eigenvalue weighted by molar-refractivity contribution is 7.12. The van der Waals surface area contributed by atoms with Crippen LogP contribution < -0.4 is 5.73 Å². The van der Waals surface area contributed by atoms with Gasteiger partial charge in [0.2, 0.25) is 0 Å². The summed E-state index contributed by atoms with van der Waals surface area (Å²) in [5.74, 6) is 0. The first kappa shape index (κ1) is 11.3. The average molecular weight is 232 g/mol. The maximum atomic E-state index is 5.63. The number of aryl methyl sites for hydroxylation is 3. The first-order chi connectivity index (χ1) is 7.63. The summed E-state index contributed by atoms with van der Waals surface area (Å²) in [6.07, 6.45) is 0. The first-order valence-corrected chi connectivity index (χ1v) is 6.18. The predicted molar refractivity (Wildman–Crippen MR) is 69.7 cm³/mol. The number of aromatic nitrogens is 1. The van der Waals surface area contributed by atoms with Gasteiger partial charge in [-0.15, -0.1) is 11.3 Å². The van der Waals surface area contributed by atoms with Crippen LogP contribution in [0, 0.1) is 20.8 Å². The normalized spacial score (nSPS) is 10.8. The Morgan fingerprint density at radius 2 is 1.81 bits per heavy atom. The number of benzene rings is 1. The van der Waals surface area contributed by atoms with E-state index >= 15 is 0 Å². The first-order valence-electron chi connectivity index (χ1n) is 5.36. The monoisotopic (exact) mass is 232 g/mol. The molecule has 0 radical (unpaired) electrons. The van der Waals surface area contributed by atoms with Crippen molar-refractivity contribution >= 4 is 11.3 Å². The molecule has 16 heavy (non-hydrogen) atoms. The third kappa shape index (κ3) is 1.88.